The number of benzene rings is 2. The molecule has 2 aromatic rings. The molecule has 0 saturated carbocycles. The Kier molecular flexibility index (Phi) is 5.22. The molecule has 1 heterocycles. The maximum absolute atomic E-state index is 11.7. The molecule has 2 aromatic carbocycles. The number of ether oxygens (including phenoxy) is 3. The Bertz CT molecular complexity index is 798. The summed E-state index contributed by atoms with van der Waals surface area (Å²) in [5, 5.41) is 4.31. The van der Waals surface area contributed by atoms with Crippen molar-refractivity contribution in [2.75, 3.05) is 13.4 Å². The van der Waals surface area contributed by atoms with E-state index in [2.05, 4.69) is 26.5 Å². The van der Waals surface area contributed by atoms with Crippen molar-refractivity contribution < 1.29 is 19.0 Å². The molecular weight excluding hydrogens is 400 g/mol. The molecule has 1 amide bonds. The zero-order valence-electron chi connectivity index (χ0n) is 12.3. The summed E-state index contributed by atoms with van der Waals surface area (Å²) in [5.41, 5.74) is 2.98. The van der Waals surface area contributed by atoms with Gasteiger partial charge in [-0.3, -0.25) is 4.79 Å². The second-order valence-corrected chi connectivity index (χ2v) is 6.09. The van der Waals surface area contributed by atoms with Crippen LogP contribution >= 0.6 is 27.5 Å². The summed E-state index contributed by atoms with van der Waals surface area (Å²) < 4.78 is 16.7. The van der Waals surface area contributed by atoms with Gasteiger partial charge < -0.3 is 14.2 Å². The van der Waals surface area contributed by atoms with E-state index in [1.807, 2.05) is 12.1 Å². The van der Waals surface area contributed by atoms with Crippen molar-refractivity contribution in [2.45, 2.75) is 0 Å². The summed E-state index contributed by atoms with van der Waals surface area (Å²) in [6, 6.07) is 10.5. The van der Waals surface area contributed by atoms with Gasteiger partial charge in [-0.2, -0.15) is 5.10 Å². The molecule has 1 aliphatic heterocycles. The van der Waals surface area contributed by atoms with Crippen LogP contribution in [0.4, 0.5) is 0 Å². The van der Waals surface area contributed by atoms with E-state index < -0.39 is 0 Å². The molecule has 0 bridgehead atoms. The van der Waals surface area contributed by atoms with Crippen molar-refractivity contribution in [1.29, 1.82) is 0 Å². The molecule has 24 heavy (non-hydrogen) atoms. The van der Waals surface area contributed by atoms with Crippen molar-refractivity contribution in [3.05, 3.63) is 51.5 Å². The van der Waals surface area contributed by atoms with E-state index in [0.29, 0.717) is 27.8 Å². The summed E-state index contributed by atoms with van der Waals surface area (Å²) in [5.74, 6) is 1.37. The van der Waals surface area contributed by atoms with Crippen molar-refractivity contribution in [1.82, 2.24) is 5.43 Å². The van der Waals surface area contributed by atoms with Crippen LogP contribution in [0, 0.1) is 0 Å². The Morgan fingerprint density at radius 2 is 2.12 bits per heavy atom. The number of hydrogen-bond donors (Lipinski definition) is 1. The van der Waals surface area contributed by atoms with Crippen LogP contribution in [0.25, 0.3) is 0 Å². The second kappa shape index (κ2) is 7.55. The molecular formula is C16H12BrClN2O4. The third-order valence-electron chi connectivity index (χ3n) is 3.05. The highest BCUT2D eigenvalue weighted by molar-refractivity contribution is 9.10. The van der Waals surface area contributed by atoms with Gasteiger partial charge in [0.15, 0.2) is 18.1 Å². The minimum absolute atomic E-state index is 0.150. The highest BCUT2D eigenvalue weighted by Crippen LogP contribution is 2.36. The molecule has 0 unspecified atom stereocenters. The average Bonchev–Trinajstić information content (AvgIpc) is 3.00. The van der Waals surface area contributed by atoms with Crippen molar-refractivity contribution in [3.63, 3.8) is 0 Å². The SMILES string of the molecule is O=C(COc1cccc(Br)c1)NN=Cc1cc2c(cc1Cl)OCO2. The molecule has 0 saturated heterocycles. The van der Waals surface area contributed by atoms with Gasteiger partial charge in [0.25, 0.3) is 5.91 Å². The highest BCUT2D eigenvalue weighted by atomic mass is 79.9. The molecule has 0 aliphatic carbocycles. The standard InChI is InChI=1S/C16H12BrClN2O4/c17-11-2-1-3-12(5-11)22-8-16(21)20-19-7-10-4-14-15(6-13(10)18)24-9-23-14/h1-7H,8-9H2,(H,20,21). The van der Waals surface area contributed by atoms with Crippen LogP contribution in [0.3, 0.4) is 0 Å². The summed E-state index contributed by atoms with van der Waals surface area (Å²) in [6.45, 7) is 0.0125. The minimum atomic E-state index is -0.386. The van der Waals surface area contributed by atoms with Crippen LogP contribution in [0.1, 0.15) is 5.56 Å². The van der Waals surface area contributed by atoms with Crippen LogP contribution in [-0.2, 0) is 4.79 Å². The Labute approximate surface area is 151 Å². The van der Waals surface area contributed by atoms with Gasteiger partial charge in [-0.1, -0.05) is 33.6 Å². The first-order valence-corrected chi connectivity index (χ1v) is 8.08. The average molecular weight is 412 g/mol. The smallest absolute Gasteiger partial charge is 0.277 e. The Morgan fingerprint density at radius 3 is 2.92 bits per heavy atom. The van der Waals surface area contributed by atoms with E-state index in [1.54, 1.807) is 24.3 Å². The molecule has 1 aliphatic rings. The molecule has 0 aromatic heterocycles. The maximum Gasteiger partial charge on any atom is 0.277 e. The first-order chi connectivity index (χ1) is 11.6. The van der Waals surface area contributed by atoms with Gasteiger partial charge in [-0.15, -0.1) is 0 Å². The topological polar surface area (TPSA) is 69.2 Å². The monoisotopic (exact) mass is 410 g/mol. The quantitative estimate of drug-likeness (QED) is 0.605. The third-order valence-corrected chi connectivity index (χ3v) is 3.87. The van der Waals surface area contributed by atoms with Gasteiger partial charge >= 0.3 is 0 Å². The van der Waals surface area contributed by atoms with Gasteiger partial charge in [0.2, 0.25) is 6.79 Å². The molecule has 0 fully saturated rings. The molecule has 1 N–H and O–H groups in total. The van der Waals surface area contributed by atoms with E-state index in [-0.39, 0.29) is 19.3 Å². The number of nitrogens with zero attached hydrogens (tertiary/aromatic N) is 1. The molecule has 0 radical (unpaired) electrons. The fourth-order valence-electron chi connectivity index (χ4n) is 1.94. The second-order valence-electron chi connectivity index (χ2n) is 4.77. The lowest BCUT2D eigenvalue weighted by Crippen LogP contribution is -2.24. The van der Waals surface area contributed by atoms with Crippen LogP contribution in [0.2, 0.25) is 5.02 Å². The first-order valence-electron chi connectivity index (χ1n) is 6.91. The number of carbonyl (C=O) groups is 1. The number of carbonyl (C=O) groups excluding carboxylic acids is 1. The maximum atomic E-state index is 11.7. The van der Waals surface area contributed by atoms with Gasteiger partial charge in [0.1, 0.15) is 5.75 Å². The third kappa shape index (κ3) is 4.18. The van der Waals surface area contributed by atoms with Crippen molar-refractivity contribution in [3.8, 4) is 17.2 Å². The summed E-state index contributed by atoms with van der Waals surface area (Å²) in [7, 11) is 0. The normalized spacial score (nSPS) is 12.4. The number of hydrogen-bond acceptors (Lipinski definition) is 5. The zero-order valence-corrected chi connectivity index (χ0v) is 14.6. The molecule has 3 rings (SSSR count). The Morgan fingerprint density at radius 1 is 1.33 bits per heavy atom. The number of amides is 1. The fourth-order valence-corrected chi connectivity index (χ4v) is 2.52. The van der Waals surface area contributed by atoms with E-state index >= 15 is 0 Å². The molecule has 124 valence electrons. The highest BCUT2D eigenvalue weighted by Gasteiger charge is 2.15. The lowest BCUT2D eigenvalue weighted by atomic mass is 10.2. The molecule has 6 nitrogen and oxygen atoms in total. The minimum Gasteiger partial charge on any atom is -0.484 e. The number of halogens is 2. The van der Waals surface area contributed by atoms with Crippen LogP contribution < -0.4 is 19.6 Å². The fraction of sp³-hybridized carbons (Fsp3) is 0.125. The van der Waals surface area contributed by atoms with Gasteiger partial charge in [-0.25, -0.2) is 5.43 Å². The Balaban J connectivity index is 1.53. The van der Waals surface area contributed by atoms with Crippen LogP contribution in [-0.4, -0.2) is 25.5 Å². The lowest BCUT2D eigenvalue weighted by molar-refractivity contribution is -0.123. The predicted molar refractivity (Wildman–Crippen MR) is 92.9 cm³/mol. The number of nitrogens with one attached hydrogen (secondary N) is 1. The van der Waals surface area contributed by atoms with E-state index in [1.165, 1.54) is 6.21 Å². The summed E-state index contributed by atoms with van der Waals surface area (Å²) >= 11 is 9.44. The molecule has 0 atom stereocenters. The number of fused-ring (bicyclic) bond motifs is 1. The van der Waals surface area contributed by atoms with Gasteiger partial charge in [-0.05, 0) is 24.3 Å². The van der Waals surface area contributed by atoms with Crippen molar-refractivity contribution >= 4 is 39.7 Å². The van der Waals surface area contributed by atoms with Crippen molar-refractivity contribution in [2.24, 2.45) is 5.10 Å². The van der Waals surface area contributed by atoms with Gasteiger partial charge in [0, 0.05) is 16.1 Å². The van der Waals surface area contributed by atoms with Crippen LogP contribution in [0.15, 0.2) is 46.0 Å². The summed E-state index contributed by atoms with van der Waals surface area (Å²) in [4.78, 5) is 11.7. The first kappa shape index (κ1) is 16.6. The largest absolute Gasteiger partial charge is 0.484 e. The number of hydrazone groups is 1. The molecule has 0 spiro atoms. The predicted octanol–water partition coefficient (Wildman–Crippen LogP) is 3.36. The molecule has 8 heteroatoms. The number of rotatable bonds is 5. The zero-order chi connectivity index (χ0) is 16.9. The van der Waals surface area contributed by atoms with E-state index in [4.69, 9.17) is 25.8 Å². The lowest BCUT2D eigenvalue weighted by Gasteiger charge is -2.05. The van der Waals surface area contributed by atoms with E-state index in [0.717, 1.165) is 4.47 Å². The van der Waals surface area contributed by atoms with E-state index in [9.17, 15) is 4.79 Å². The van der Waals surface area contributed by atoms with Crippen LogP contribution in [0.5, 0.6) is 17.2 Å². The van der Waals surface area contributed by atoms with Gasteiger partial charge in [0.05, 0.1) is 11.2 Å². The Hall–Kier alpha value is -2.25. The summed E-state index contributed by atoms with van der Waals surface area (Å²) in [6.07, 6.45) is 1.43.